The minimum Gasteiger partial charge on any atom is -0.378 e. The number of allylic oxidation sites excluding steroid dienone is 1. The summed E-state index contributed by atoms with van der Waals surface area (Å²) in [6, 6.07) is 16.6. The number of hydrogen-bond donors (Lipinski definition) is 0. The van der Waals surface area contributed by atoms with Crippen LogP contribution in [0, 0.1) is 0 Å². The smallest absolute Gasteiger partial charge is 0.211 e. The average molecular weight is 336 g/mol. The lowest BCUT2D eigenvalue weighted by Crippen LogP contribution is -2.08. The van der Waals surface area contributed by atoms with Crippen molar-refractivity contribution in [2.75, 3.05) is 19.0 Å². The van der Waals surface area contributed by atoms with Crippen LogP contribution in [0.5, 0.6) is 0 Å². The van der Waals surface area contributed by atoms with Gasteiger partial charge in [-0.05, 0) is 35.9 Å². The maximum Gasteiger partial charge on any atom is 0.211 e. The van der Waals surface area contributed by atoms with Gasteiger partial charge in [-0.3, -0.25) is 0 Å². The number of aromatic nitrogens is 1. The topological polar surface area (TPSA) is 32.9 Å². The maximum atomic E-state index is 4.30. The SMILES string of the molecule is CN(C)c1ccc(/C=C/C=N/N=c2\sc3ccccc3n2C)cc1. The van der Waals surface area contributed by atoms with Crippen molar-refractivity contribution in [3.63, 3.8) is 0 Å². The molecular weight excluding hydrogens is 316 g/mol. The zero-order valence-electron chi connectivity index (χ0n) is 14.0. The summed E-state index contributed by atoms with van der Waals surface area (Å²) < 4.78 is 3.27. The van der Waals surface area contributed by atoms with E-state index >= 15 is 0 Å². The molecule has 5 heteroatoms. The molecule has 0 spiro atoms. The molecule has 1 aromatic heterocycles. The number of anilines is 1. The van der Waals surface area contributed by atoms with E-state index in [1.165, 1.54) is 15.9 Å². The highest BCUT2D eigenvalue weighted by atomic mass is 32.1. The normalized spacial score (nSPS) is 12.7. The third-order valence-corrected chi connectivity index (χ3v) is 4.81. The summed E-state index contributed by atoms with van der Waals surface area (Å²) in [5, 5.41) is 8.46. The largest absolute Gasteiger partial charge is 0.378 e. The van der Waals surface area contributed by atoms with Crippen LogP contribution in [-0.4, -0.2) is 24.9 Å². The second-order valence-corrected chi connectivity index (χ2v) is 6.63. The van der Waals surface area contributed by atoms with E-state index in [4.69, 9.17) is 0 Å². The number of fused-ring (bicyclic) bond motifs is 1. The van der Waals surface area contributed by atoms with Crippen LogP contribution in [0.2, 0.25) is 0 Å². The number of benzene rings is 2. The van der Waals surface area contributed by atoms with Crippen molar-refractivity contribution >= 4 is 39.5 Å². The molecule has 122 valence electrons. The van der Waals surface area contributed by atoms with Crippen molar-refractivity contribution in [1.82, 2.24) is 4.57 Å². The van der Waals surface area contributed by atoms with Gasteiger partial charge in [0.2, 0.25) is 4.80 Å². The van der Waals surface area contributed by atoms with E-state index in [0.717, 1.165) is 10.4 Å². The van der Waals surface area contributed by atoms with Crippen LogP contribution in [0.1, 0.15) is 5.56 Å². The number of para-hydroxylation sites is 1. The number of aryl methyl sites for hydroxylation is 1. The van der Waals surface area contributed by atoms with Crippen molar-refractivity contribution < 1.29 is 0 Å². The van der Waals surface area contributed by atoms with Crippen LogP contribution in [0.3, 0.4) is 0 Å². The lowest BCUT2D eigenvalue weighted by molar-refractivity contribution is 0.890. The second kappa shape index (κ2) is 7.27. The highest BCUT2D eigenvalue weighted by molar-refractivity contribution is 7.16. The molecule has 0 radical (unpaired) electrons. The molecule has 0 saturated carbocycles. The van der Waals surface area contributed by atoms with Gasteiger partial charge in [0.05, 0.1) is 10.2 Å². The van der Waals surface area contributed by atoms with Gasteiger partial charge in [0.1, 0.15) is 0 Å². The van der Waals surface area contributed by atoms with Gasteiger partial charge in [-0.2, -0.15) is 5.10 Å². The fraction of sp³-hybridized carbons (Fsp3) is 0.158. The molecule has 0 aliphatic carbocycles. The molecule has 0 atom stereocenters. The summed E-state index contributed by atoms with van der Waals surface area (Å²) in [5.41, 5.74) is 3.50. The van der Waals surface area contributed by atoms with Gasteiger partial charge >= 0.3 is 0 Å². The molecule has 0 saturated heterocycles. The van der Waals surface area contributed by atoms with Crippen LogP contribution < -0.4 is 9.70 Å². The van der Waals surface area contributed by atoms with Crippen molar-refractivity contribution in [2.45, 2.75) is 0 Å². The van der Waals surface area contributed by atoms with Crippen LogP contribution in [0.25, 0.3) is 16.3 Å². The third-order valence-electron chi connectivity index (χ3n) is 3.71. The van der Waals surface area contributed by atoms with Crippen LogP contribution in [0.4, 0.5) is 5.69 Å². The number of nitrogens with zero attached hydrogens (tertiary/aromatic N) is 4. The molecule has 4 nitrogen and oxygen atoms in total. The number of rotatable bonds is 4. The molecule has 0 bridgehead atoms. The minimum absolute atomic E-state index is 0.885. The van der Waals surface area contributed by atoms with Gasteiger partial charge in [-0.15, -0.1) is 5.10 Å². The molecular formula is C19H20N4S. The molecule has 24 heavy (non-hydrogen) atoms. The summed E-state index contributed by atoms with van der Waals surface area (Å²) >= 11 is 1.64. The van der Waals surface area contributed by atoms with Crippen molar-refractivity contribution in [2.24, 2.45) is 17.3 Å². The zero-order valence-corrected chi connectivity index (χ0v) is 14.9. The molecule has 1 heterocycles. The van der Waals surface area contributed by atoms with Gasteiger partial charge in [0.25, 0.3) is 0 Å². The molecule has 0 amide bonds. The minimum atomic E-state index is 0.885. The average Bonchev–Trinajstić information content (AvgIpc) is 2.91. The summed E-state index contributed by atoms with van der Waals surface area (Å²) in [6.07, 6.45) is 5.63. The summed E-state index contributed by atoms with van der Waals surface area (Å²) in [6.45, 7) is 0. The number of thiazole rings is 1. The van der Waals surface area contributed by atoms with E-state index in [1.54, 1.807) is 17.6 Å². The Hall–Kier alpha value is -2.66. The molecule has 0 N–H and O–H groups in total. The van der Waals surface area contributed by atoms with E-state index in [-0.39, 0.29) is 0 Å². The van der Waals surface area contributed by atoms with Gasteiger partial charge in [-0.25, -0.2) is 0 Å². The lowest BCUT2D eigenvalue weighted by Gasteiger charge is -2.11. The molecule has 0 unspecified atom stereocenters. The predicted molar refractivity (Wildman–Crippen MR) is 105 cm³/mol. The fourth-order valence-electron chi connectivity index (χ4n) is 2.34. The highest BCUT2D eigenvalue weighted by Gasteiger charge is 2.00. The summed E-state index contributed by atoms with van der Waals surface area (Å²) in [7, 11) is 6.08. The Labute approximate surface area is 145 Å². The maximum absolute atomic E-state index is 4.30. The van der Waals surface area contributed by atoms with Crippen molar-refractivity contribution in [3.8, 4) is 0 Å². The van der Waals surface area contributed by atoms with E-state index in [1.807, 2.05) is 45.4 Å². The highest BCUT2D eigenvalue weighted by Crippen LogP contribution is 2.15. The van der Waals surface area contributed by atoms with Gasteiger partial charge in [0, 0.05) is 33.0 Å². The summed E-state index contributed by atoms with van der Waals surface area (Å²) in [4.78, 5) is 2.97. The lowest BCUT2D eigenvalue weighted by atomic mass is 10.2. The van der Waals surface area contributed by atoms with Crippen LogP contribution >= 0.6 is 11.3 Å². The molecule has 0 aliphatic rings. The van der Waals surface area contributed by atoms with Gasteiger partial charge in [-0.1, -0.05) is 41.7 Å². The Balaban J connectivity index is 1.72. The molecule has 0 fully saturated rings. The molecule has 2 aromatic carbocycles. The Morgan fingerprint density at radius 2 is 1.79 bits per heavy atom. The monoisotopic (exact) mass is 336 g/mol. The Morgan fingerprint density at radius 3 is 2.50 bits per heavy atom. The first kappa shape index (κ1) is 16.2. The number of hydrogen-bond acceptors (Lipinski definition) is 4. The quantitative estimate of drug-likeness (QED) is 0.525. The first-order valence-electron chi connectivity index (χ1n) is 7.71. The molecule has 0 aliphatic heterocycles. The van der Waals surface area contributed by atoms with E-state index < -0.39 is 0 Å². The van der Waals surface area contributed by atoms with E-state index in [9.17, 15) is 0 Å². The van der Waals surface area contributed by atoms with E-state index in [2.05, 4.69) is 56.1 Å². The van der Waals surface area contributed by atoms with Crippen LogP contribution in [0.15, 0.2) is 64.8 Å². The van der Waals surface area contributed by atoms with Crippen LogP contribution in [-0.2, 0) is 7.05 Å². The Bertz CT molecular complexity index is 943. The van der Waals surface area contributed by atoms with Crippen molar-refractivity contribution in [1.29, 1.82) is 0 Å². The molecule has 3 rings (SSSR count). The Kier molecular flexibility index (Phi) is 4.91. The fourth-order valence-corrected chi connectivity index (χ4v) is 3.31. The summed E-state index contributed by atoms with van der Waals surface area (Å²) in [5.74, 6) is 0. The molecule has 3 aromatic rings. The van der Waals surface area contributed by atoms with Crippen molar-refractivity contribution in [3.05, 3.63) is 65.0 Å². The zero-order chi connectivity index (χ0) is 16.9. The first-order chi connectivity index (χ1) is 11.6. The van der Waals surface area contributed by atoms with Gasteiger partial charge < -0.3 is 9.47 Å². The van der Waals surface area contributed by atoms with Gasteiger partial charge in [0.15, 0.2) is 0 Å². The van der Waals surface area contributed by atoms with E-state index in [0.29, 0.717) is 0 Å². The second-order valence-electron chi connectivity index (χ2n) is 5.62. The standard InChI is InChI=1S/C19H20N4S/c1-22(2)16-12-10-15(11-13-16)7-6-14-20-21-19-23(3)17-8-4-5-9-18(17)24-19/h4-14H,1-3H3/b7-6+,20-14+,21-19-. The third kappa shape index (κ3) is 3.63. The predicted octanol–water partition coefficient (Wildman–Crippen LogP) is 3.91. The Morgan fingerprint density at radius 1 is 1.04 bits per heavy atom. The first-order valence-corrected chi connectivity index (χ1v) is 8.52.